The second kappa shape index (κ2) is 12.7. The fraction of sp³-hybridized carbons (Fsp3) is 0.324. The molecule has 0 fully saturated rings. The minimum absolute atomic E-state index is 0.120. The second-order valence-corrected chi connectivity index (χ2v) is 11.1. The largest absolute Gasteiger partial charge is 0.493 e. The standard InChI is InChI=1S/C34H38N4O6/c1-19(2)38-15-14-23-25(8-7-9-28(23)38)37-31(41)18-35-27-13-11-22-24(17-29(27)40)26(36-20(3)39)12-10-21-16-30(42-4)33(43-5)34(44-6)32(21)22/h7-9,11,13-17,19,26H,10,12,18H2,1-6H3,(H,35,40)(H,36,39)(H,37,41). The molecule has 0 radical (unpaired) electrons. The molecule has 1 aliphatic carbocycles. The number of hydrogen-bond donors (Lipinski definition) is 3. The first-order valence-corrected chi connectivity index (χ1v) is 14.6. The van der Waals surface area contributed by atoms with Gasteiger partial charge in [-0.1, -0.05) is 12.1 Å². The van der Waals surface area contributed by atoms with Crippen LogP contribution in [0, 0.1) is 0 Å². The van der Waals surface area contributed by atoms with E-state index in [1.54, 1.807) is 27.4 Å². The number of rotatable bonds is 9. The number of carbonyl (C=O) groups is 2. The monoisotopic (exact) mass is 598 g/mol. The Hall–Kier alpha value is -4.99. The third-order valence-corrected chi connectivity index (χ3v) is 7.95. The Balaban J connectivity index is 1.50. The van der Waals surface area contributed by atoms with Crippen molar-refractivity contribution < 1.29 is 23.8 Å². The van der Waals surface area contributed by atoms with Gasteiger partial charge in [-0.15, -0.1) is 0 Å². The summed E-state index contributed by atoms with van der Waals surface area (Å²) >= 11 is 0. The molecule has 10 nitrogen and oxygen atoms in total. The van der Waals surface area contributed by atoms with Crippen molar-refractivity contribution in [1.29, 1.82) is 0 Å². The normalized spacial score (nSPS) is 13.8. The molecule has 44 heavy (non-hydrogen) atoms. The van der Waals surface area contributed by atoms with Crippen LogP contribution < -0.4 is 35.6 Å². The number of ether oxygens (including phenoxy) is 3. The zero-order valence-corrected chi connectivity index (χ0v) is 25.9. The van der Waals surface area contributed by atoms with Crippen molar-refractivity contribution in [2.24, 2.45) is 0 Å². The van der Waals surface area contributed by atoms with Crippen molar-refractivity contribution in [3.63, 3.8) is 0 Å². The summed E-state index contributed by atoms with van der Waals surface area (Å²) in [6.45, 7) is 5.55. The summed E-state index contributed by atoms with van der Waals surface area (Å²) in [4.78, 5) is 38.8. The predicted molar refractivity (Wildman–Crippen MR) is 172 cm³/mol. The molecule has 5 rings (SSSR count). The first-order chi connectivity index (χ1) is 21.2. The molecule has 1 heterocycles. The zero-order valence-electron chi connectivity index (χ0n) is 25.9. The van der Waals surface area contributed by atoms with Crippen molar-refractivity contribution in [2.45, 2.75) is 45.7 Å². The van der Waals surface area contributed by atoms with Crippen LogP contribution in [0.25, 0.3) is 22.0 Å². The van der Waals surface area contributed by atoms with E-state index in [-0.39, 0.29) is 35.5 Å². The van der Waals surface area contributed by atoms with Crippen LogP contribution in [0.3, 0.4) is 0 Å². The minimum atomic E-state index is -0.425. The molecule has 10 heteroatoms. The smallest absolute Gasteiger partial charge is 0.243 e. The fourth-order valence-corrected chi connectivity index (χ4v) is 5.97. The Bertz CT molecular complexity index is 1800. The number of benzene rings is 2. The first kappa shape index (κ1) is 30.5. The lowest BCUT2D eigenvalue weighted by molar-refractivity contribution is -0.119. The number of fused-ring (bicyclic) bond motifs is 4. The lowest BCUT2D eigenvalue weighted by atomic mass is 9.95. The van der Waals surface area contributed by atoms with Gasteiger partial charge in [-0.05, 0) is 79.8 Å². The van der Waals surface area contributed by atoms with E-state index in [1.807, 2.05) is 42.6 Å². The van der Waals surface area contributed by atoms with E-state index in [9.17, 15) is 14.4 Å². The van der Waals surface area contributed by atoms with Gasteiger partial charge in [-0.25, -0.2) is 0 Å². The van der Waals surface area contributed by atoms with E-state index in [0.717, 1.165) is 22.0 Å². The van der Waals surface area contributed by atoms with Crippen molar-refractivity contribution in [2.75, 3.05) is 38.5 Å². The third-order valence-electron chi connectivity index (χ3n) is 7.95. The number of aryl methyl sites for hydroxylation is 1. The molecule has 0 bridgehead atoms. The number of anilines is 2. The van der Waals surface area contributed by atoms with E-state index in [1.165, 1.54) is 13.0 Å². The van der Waals surface area contributed by atoms with Gasteiger partial charge in [0.2, 0.25) is 23.0 Å². The van der Waals surface area contributed by atoms with Crippen molar-refractivity contribution in [1.82, 2.24) is 9.88 Å². The van der Waals surface area contributed by atoms with Crippen LogP contribution in [0.5, 0.6) is 17.2 Å². The van der Waals surface area contributed by atoms with Gasteiger partial charge < -0.3 is 34.7 Å². The molecule has 3 N–H and O–H groups in total. The van der Waals surface area contributed by atoms with Gasteiger partial charge in [-0.2, -0.15) is 0 Å². The number of nitrogens with zero attached hydrogens (tertiary/aromatic N) is 1. The topological polar surface area (TPSA) is 120 Å². The molecule has 1 aromatic heterocycles. The highest BCUT2D eigenvalue weighted by Crippen LogP contribution is 2.50. The van der Waals surface area contributed by atoms with Crippen LogP contribution in [-0.2, 0) is 16.0 Å². The molecular weight excluding hydrogens is 560 g/mol. The molecule has 4 aromatic rings. The number of amides is 2. The summed E-state index contributed by atoms with van der Waals surface area (Å²) in [7, 11) is 4.66. The van der Waals surface area contributed by atoms with Gasteiger partial charge in [-0.3, -0.25) is 14.4 Å². The highest BCUT2D eigenvalue weighted by Gasteiger charge is 2.29. The highest BCUT2D eigenvalue weighted by molar-refractivity contribution is 6.02. The molecule has 1 aliphatic rings. The number of carbonyl (C=O) groups excluding carboxylic acids is 2. The molecule has 230 valence electrons. The Morgan fingerprint density at radius 3 is 2.43 bits per heavy atom. The number of nitrogens with one attached hydrogen (secondary N) is 3. The summed E-state index contributed by atoms with van der Waals surface area (Å²) in [5, 5.41) is 9.93. The molecule has 0 spiro atoms. The van der Waals surface area contributed by atoms with Crippen LogP contribution in [0.4, 0.5) is 11.4 Å². The molecule has 1 unspecified atom stereocenters. The van der Waals surface area contributed by atoms with Crippen molar-refractivity contribution in [3.05, 3.63) is 76.1 Å². The number of methoxy groups -OCH3 is 3. The van der Waals surface area contributed by atoms with E-state index < -0.39 is 6.04 Å². The van der Waals surface area contributed by atoms with Gasteiger partial charge in [0.15, 0.2) is 11.5 Å². The van der Waals surface area contributed by atoms with E-state index in [4.69, 9.17) is 14.2 Å². The summed E-state index contributed by atoms with van der Waals surface area (Å²) < 4.78 is 19.2. The maximum atomic E-state index is 13.6. The van der Waals surface area contributed by atoms with Gasteiger partial charge in [0, 0.05) is 30.1 Å². The minimum Gasteiger partial charge on any atom is -0.493 e. The van der Waals surface area contributed by atoms with Gasteiger partial charge in [0.05, 0.1) is 50.8 Å². The maximum Gasteiger partial charge on any atom is 0.243 e. The van der Waals surface area contributed by atoms with Crippen LogP contribution >= 0.6 is 0 Å². The van der Waals surface area contributed by atoms with Crippen LogP contribution in [-0.4, -0.2) is 44.3 Å². The van der Waals surface area contributed by atoms with E-state index in [2.05, 4.69) is 34.4 Å². The fourth-order valence-electron chi connectivity index (χ4n) is 5.97. The van der Waals surface area contributed by atoms with Gasteiger partial charge >= 0.3 is 0 Å². The number of aromatic nitrogens is 1. The maximum absolute atomic E-state index is 13.6. The predicted octanol–water partition coefficient (Wildman–Crippen LogP) is 5.45. The van der Waals surface area contributed by atoms with Crippen LogP contribution in [0.2, 0.25) is 0 Å². The van der Waals surface area contributed by atoms with E-state index >= 15 is 0 Å². The lowest BCUT2D eigenvalue weighted by Crippen LogP contribution is -2.27. The van der Waals surface area contributed by atoms with Gasteiger partial charge in [0.1, 0.15) is 0 Å². The average Bonchev–Trinajstić information content (AvgIpc) is 3.31. The third kappa shape index (κ3) is 5.79. The Kier molecular flexibility index (Phi) is 8.80. The first-order valence-electron chi connectivity index (χ1n) is 14.6. The van der Waals surface area contributed by atoms with Crippen molar-refractivity contribution >= 4 is 34.1 Å². The molecule has 0 saturated carbocycles. The molecule has 0 aliphatic heterocycles. The second-order valence-electron chi connectivity index (χ2n) is 11.1. The Morgan fingerprint density at radius 1 is 0.977 bits per heavy atom. The SMILES string of the molecule is COc1cc2c(c(OC)c1OC)-c1ccc(NCC(=O)Nc3cccc4c3ccn4C(C)C)c(=O)cc1C(NC(C)=O)CC2. The summed E-state index contributed by atoms with van der Waals surface area (Å²) in [6, 6.07) is 14.5. The Morgan fingerprint density at radius 2 is 1.75 bits per heavy atom. The summed E-state index contributed by atoms with van der Waals surface area (Å²) in [6.07, 6.45) is 3.16. The highest BCUT2D eigenvalue weighted by atomic mass is 16.5. The molecule has 2 amide bonds. The van der Waals surface area contributed by atoms with Crippen LogP contribution in [0.15, 0.2) is 59.5 Å². The molecule has 0 saturated heterocycles. The lowest BCUT2D eigenvalue weighted by Gasteiger charge is -2.19. The summed E-state index contributed by atoms with van der Waals surface area (Å²) in [5.41, 5.74) is 4.72. The molecule has 1 atom stereocenters. The van der Waals surface area contributed by atoms with Crippen molar-refractivity contribution in [3.8, 4) is 28.4 Å². The van der Waals surface area contributed by atoms with E-state index in [0.29, 0.717) is 46.9 Å². The zero-order chi connectivity index (χ0) is 31.5. The average molecular weight is 599 g/mol. The number of hydrogen-bond acceptors (Lipinski definition) is 7. The van der Waals surface area contributed by atoms with Gasteiger partial charge in [0.25, 0.3) is 0 Å². The van der Waals surface area contributed by atoms with Crippen LogP contribution in [0.1, 0.15) is 50.4 Å². The summed E-state index contributed by atoms with van der Waals surface area (Å²) in [5.74, 6) is 0.932. The molecule has 3 aromatic carbocycles. The Labute approximate surface area is 256 Å². The molecular formula is C34H38N4O6. The quantitative estimate of drug-likeness (QED) is 0.234.